The summed E-state index contributed by atoms with van der Waals surface area (Å²) in [6, 6.07) is 14.0. The first kappa shape index (κ1) is 17.3. The molecule has 7 heteroatoms. The molecule has 2 aromatic carbocycles. The maximum Gasteiger partial charge on any atom is 0.293 e. The number of amides is 1. The SMILES string of the molecule is CCc1ccc(/C=C2\SC(=S)N(c3ccccc3[N+](=O)[O-])C2=O)cc1. The Morgan fingerprint density at radius 1 is 1.20 bits per heavy atom. The lowest BCUT2D eigenvalue weighted by atomic mass is 10.1. The van der Waals surface area contributed by atoms with Crippen LogP contribution in [0.3, 0.4) is 0 Å². The second kappa shape index (κ2) is 7.16. The number of nitro groups is 1. The summed E-state index contributed by atoms with van der Waals surface area (Å²) in [6.07, 6.45) is 2.70. The van der Waals surface area contributed by atoms with E-state index in [1.807, 2.05) is 24.3 Å². The fourth-order valence-corrected chi connectivity index (χ4v) is 3.77. The number of nitrogens with zero attached hydrogens (tertiary/aromatic N) is 2. The number of carbonyl (C=O) groups excluding carboxylic acids is 1. The van der Waals surface area contributed by atoms with Crippen LogP contribution in [0, 0.1) is 10.1 Å². The van der Waals surface area contributed by atoms with E-state index >= 15 is 0 Å². The van der Waals surface area contributed by atoms with Crippen LogP contribution < -0.4 is 4.90 Å². The summed E-state index contributed by atoms with van der Waals surface area (Å²) >= 11 is 6.43. The lowest BCUT2D eigenvalue weighted by Gasteiger charge is -2.14. The molecule has 0 bridgehead atoms. The molecule has 1 saturated heterocycles. The molecule has 0 aliphatic carbocycles. The standard InChI is InChI=1S/C18H14N2O3S2/c1-2-12-7-9-13(10-8-12)11-16-17(21)19(18(24)25-16)14-5-3-4-6-15(14)20(22)23/h3-11H,2H2,1H3/b16-11-. The average molecular weight is 370 g/mol. The van der Waals surface area contributed by atoms with Crippen LogP contribution >= 0.6 is 24.0 Å². The molecule has 3 rings (SSSR count). The number of anilines is 1. The van der Waals surface area contributed by atoms with E-state index < -0.39 is 4.92 Å². The second-order valence-corrected chi connectivity index (χ2v) is 7.03. The fraction of sp³-hybridized carbons (Fsp3) is 0.111. The molecule has 5 nitrogen and oxygen atoms in total. The average Bonchev–Trinajstić information content (AvgIpc) is 2.89. The Kier molecular flexibility index (Phi) is 4.96. The summed E-state index contributed by atoms with van der Waals surface area (Å²) in [7, 11) is 0. The summed E-state index contributed by atoms with van der Waals surface area (Å²) < 4.78 is 0.288. The van der Waals surface area contributed by atoms with E-state index in [4.69, 9.17) is 12.2 Å². The van der Waals surface area contributed by atoms with Gasteiger partial charge in [0.1, 0.15) is 5.69 Å². The summed E-state index contributed by atoms with van der Waals surface area (Å²) in [5.41, 5.74) is 2.15. The van der Waals surface area contributed by atoms with Crippen LogP contribution in [-0.4, -0.2) is 15.2 Å². The van der Waals surface area contributed by atoms with Gasteiger partial charge < -0.3 is 0 Å². The van der Waals surface area contributed by atoms with Crippen LogP contribution in [0.4, 0.5) is 11.4 Å². The van der Waals surface area contributed by atoms with Gasteiger partial charge in [0.05, 0.1) is 9.83 Å². The Hall–Kier alpha value is -2.51. The van der Waals surface area contributed by atoms with Crippen LogP contribution in [0.1, 0.15) is 18.1 Å². The van der Waals surface area contributed by atoms with Crippen LogP contribution in [-0.2, 0) is 11.2 Å². The van der Waals surface area contributed by atoms with Gasteiger partial charge in [0.2, 0.25) is 0 Å². The molecular weight excluding hydrogens is 356 g/mol. The molecule has 25 heavy (non-hydrogen) atoms. The van der Waals surface area contributed by atoms with E-state index in [1.165, 1.54) is 22.6 Å². The monoisotopic (exact) mass is 370 g/mol. The van der Waals surface area contributed by atoms with Crippen molar-refractivity contribution in [3.63, 3.8) is 0 Å². The van der Waals surface area contributed by atoms with E-state index in [9.17, 15) is 14.9 Å². The smallest absolute Gasteiger partial charge is 0.268 e. The Balaban J connectivity index is 1.95. The topological polar surface area (TPSA) is 63.4 Å². The number of para-hydroxylation sites is 2. The molecule has 1 aliphatic heterocycles. The van der Waals surface area contributed by atoms with Crippen molar-refractivity contribution in [2.75, 3.05) is 4.90 Å². The Bertz CT molecular complexity index is 891. The first-order valence-electron chi connectivity index (χ1n) is 7.61. The van der Waals surface area contributed by atoms with E-state index in [0.717, 1.165) is 23.7 Å². The number of carbonyl (C=O) groups is 1. The highest BCUT2D eigenvalue weighted by molar-refractivity contribution is 8.27. The summed E-state index contributed by atoms with van der Waals surface area (Å²) in [4.78, 5) is 25.1. The third-order valence-corrected chi connectivity index (χ3v) is 5.10. The van der Waals surface area contributed by atoms with Gasteiger partial charge in [-0.15, -0.1) is 0 Å². The molecule has 0 atom stereocenters. The van der Waals surface area contributed by atoms with Crippen molar-refractivity contribution in [3.8, 4) is 0 Å². The minimum atomic E-state index is -0.513. The number of thiocarbonyl (C=S) groups is 1. The minimum absolute atomic E-state index is 0.146. The van der Waals surface area contributed by atoms with Crippen LogP contribution in [0.2, 0.25) is 0 Å². The van der Waals surface area contributed by atoms with E-state index in [2.05, 4.69) is 6.92 Å². The zero-order chi connectivity index (χ0) is 18.0. The second-order valence-electron chi connectivity index (χ2n) is 5.36. The maximum atomic E-state index is 12.7. The zero-order valence-electron chi connectivity index (χ0n) is 13.3. The van der Waals surface area contributed by atoms with E-state index in [-0.39, 0.29) is 21.6 Å². The van der Waals surface area contributed by atoms with Gasteiger partial charge in [0.15, 0.2) is 4.32 Å². The van der Waals surface area contributed by atoms with E-state index in [0.29, 0.717) is 4.91 Å². The fourth-order valence-electron chi connectivity index (χ4n) is 2.48. The quantitative estimate of drug-likeness (QED) is 0.342. The van der Waals surface area contributed by atoms with Crippen molar-refractivity contribution in [3.05, 3.63) is 74.7 Å². The van der Waals surface area contributed by atoms with Gasteiger partial charge in [-0.25, -0.2) is 0 Å². The Morgan fingerprint density at radius 3 is 2.52 bits per heavy atom. The van der Waals surface area contributed by atoms with Gasteiger partial charge in [0, 0.05) is 6.07 Å². The number of hydrogen-bond donors (Lipinski definition) is 0. The highest BCUT2D eigenvalue weighted by Gasteiger charge is 2.36. The normalized spacial score (nSPS) is 15.9. The molecule has 0 unspecified atom stereocenters. The first-order valence-corrected chi connectivity index (χ1v) is 8.84. The molecule has 2 aromatic rings. The van der Waals surface area contributed by atoms with Gasteiger partial charge in [-0.2, -0.15) is 0 Å². The van der Waals surface area contributed by atoms with Crippen molar-refractivity contribution in [1.82, 2.24) is 0 Å². The summed E-state index contributed by atoms with van der Waals surface area (Å²) in [5.74, 6) is -0.344. The summed E-state index contributed by atoms with van der Waals surface area (Å²) in [6.45, 7) is 2.08. The predicted molar refractivity (Wildman–Crippen MR) is 105 cm³/mol. The number of benzene rings is 2. The molecule has 0 saturated carbocycles. The lowest BCUT2D eigenvalue weighted by Crippen LogP contribution is -2.28. The Morgan fingerprint density at radius 2 is 1.88 bits per heavy atom. The van der Waals surface area contributed by atoms with Crippen molar-refractivity contribution in [1.29, 1.82) is 0 Å². The van der Waals surface area contributed by atoms with Gasteiger partial charge in [-0.05, 0) is 29.7 Å². The lowest BCUT2D eigenvalue weighted by molar-refractivity contribution is -0.384. The highest BCUT2D eigenvalue weighted by atomic mass is 32.2. The highest BCUT2D eigenvalue weighted by Crippen LogP contribution is 2.39. The third kappa shape index (κ3) is 3.47. The molecular formula is C18H14N2O3S2. The molecule has 1 amide bonds. The molecule has 1 fully saturated rings. The van der Waals surface area contributed by atoms with Gasteiger partial charge >= 0.3 is 0 Å². The zero-order valence-corrected chi connectivity index (χ0v) is 15.0. The van der Waals surface area contributed by atoms with Crippen LogP contribution in [0.25, 0.3) is 6.08 Å². The minimum Gasteiger partial charge on any atom is -0.268 e. The molecule has 0 radical (unpaired) electrons. The van der Waals surface area contributed by atoms with Crippen molar-refractivity contribution in [2.45, 2.75) is 13.3 Å². The molecule has 0 aromatic heterocycles. The molecule has 1 heterocycles. The van der Waals surface area contributed by atoms with Gasteiger partial charge in [-0.1, -0.05) is 67.3 Å². The molecule has 0 N–H and O–H groups in total. The van der Waals surface area contributed by atoms with Crippen molar-refractivity contribution in [2.24, 2.45) is 0 Å². The number of thioether (sulfide) groups is 1. The van der Waals surface area contributed by atoms with Crippen LogP contribution in [0.5, 0.6) is 0 Å². The third-order valence-electron chi connectivity index (χ3n) is 3.80. The number of nitro benzene ring substituents is 1. The molecule has 1 aliphatic rings. The van der Waals surface area contributed by atoms with Gasteiger partial charge in [-0.3, -0.25) is 19.8 Å². The van der Waals surface area contributed by atoms with Gasteiger partial charge in [0.25, 0.3) is 11.6 Å². The van der Waals surface area contributed by atoms with Crippen molar-refractivity contribution >= 4 is 51.7 Å². The maximum absolute atomic E-state index is 12.7. The van der Waals surface area contributed by atoms with E-state index in [1.54, 1.807) is 18.2 Å². The first-order chi connectivity index (χ1) is 12.0. The largest absolute Gasteiger partial charge is 0.293 e. The summed E-state index contributed by atoms with van der Waals surface area (Å²) in [5, 5.41) is 11.2. The predicted octanol–water partition coefficient (Wildman–Crippen LogP) is 4.56. The number of rotatable bonds is 4. The van der Waals surface area contributed by atoms with Crippen molar-refractivity contribution < 1.29 is 9.72 Å². The number of hydrogen-bond acceptors (Lipinski definition) is 5. The van der Waals surface area contributed by atoms with Crippen LogP contribution in [0.15, 0.2) is 53.4 Å². The molecule has 0 spiro atoms. The number of aryl methyl sites for hydroxylation is 1. The Labute approximate surface area is 154 Å². The molecule has 126 valence electrons.